The number of carbonyl (C=O) groups excluding carboxylic acids is 1. The van der Waals surface area contributed by atoms with Gasteiger partial charge in [-0.15, -0.1) is 0 Å². The molecule has 6 nitrogen and oxygen atoms in total. The van der Waals surface area contributed by atoms with E-state index in [9.17, 15) is 13.2 Å². The number of sulfonamides is 1. The summed E-state index contributed by atoms with van der Waals surface area (Å²) in [5.74, 6) is 0.343. The number of halogens is 1. The highest BCUT2D eigenvalue weighted by molar-refractivity contribution is 7.92. The Labute approximate surface area is 235 Å². The number of aryl methyl sites for hydroxylation is 3. The molecule has 1 amide bonds. The van der Waals surface area contributed by atoms with Crippen LogP contribution < -0.4 is 14.4 Å². The van der Waals surface area contributed by atoms with Crippen LogP contribution in [0.25, 0.3) is 0 Å². The molecule has 1 N–H and O–H groups in total. The Hall–Kier alpha value is -3.81. The molecule has 0 spiro atoms. The van der Waals surface area contributed by atoms with Gasteiger partial charge in [0.1, 0.15) is 12.4 Å². The quantitative estimate of drug-likeness (QED) is 0.225. The lowest BCUT2D eigenvalue weighted by atomic mass is 10.1. The van der Waals surface area contributed by atoms with Crippen molar-refractivity contribution in [1.82, 2.24) is 5.32 Å². The van der Waals surface area contributed by atoms with Crippen molar-refractivity contribution < 1.29 is 17.9 Å². The van der Waals surface area contributed by atoms with Gasteiger partial charge in [0, 0.05) is 5.02 Å². The Balaban J connectivity index is 1.60. The number of hydrogen-bond donors (Lipinski definition) is 1. The van der Waals surface area contributed by atoms with Gasteiger partial charge in [-0.3, -0.25) is 9.10 Å². The minimum Gasteiger partial charge on any atom is -0.492 e. The average Bonchev–Trinajstić information content (AvgIpc) is 2.90. The summed E-state index contributed by atoms with van der Waals surface area (Å²) in [5, 5.41) is 3.41. The van der Waals surface area contributed by atoms with Crippen molar-refractivity contribution in [3.05, 3.63) is 124 Å². The number of benzene rings is 4. The number of rotatable bonds is 10. The number of carbonyl (C=O) groups is 1. The number of nitrogens with zero attached hydrogens (tertiary/aromatic N) is 1. The van der Waals surface area contributed by atoms with E-state index in [1.807, 2.05) is 32.9 Å². The van der Waals surface area contributed by atoms with Crippen LogP contribution in [0.3, 0.4) is 0 Å². The highest BCUT2D eigenvalue weighted by atomic mass is 35.5. The lowest BCUT2D eigenvalue weighted by molar-refractivity contribution is 0.0947. The summed E-state index contributed by atoms with van der Waals surface area (Å²) < 4.78 is 34.9. The number of hydrogen-bond acceptors (Lipinski definition) is 4. The Morgan fingerprint density at radius 3 is 2.15 bits per heavy atom. The van der Waals surface area contributed by atoms with Gasteiger partial charge in [-0.1, -0.05) is 59.6 Å². The first-order valence-corrected chi connectivity index (χ1v) is 14.4. The second-order valence-corrected chi connectivity index (χ2v) is 11.7. The molecule has 4 rings (SSSR count). The zero-order valence-corrected chi connectivity index (χ0v) is 23.7. The van der Waals surface area contributed by atoms with Crippen molar-refractivity contribution >= 4 is 33.2 Å². The van der Waals surface area contributed by atoms with Crippen LogP contribution in [0.1, 0.15) is 32.6 Å². The molecule has 0 radical (unpaired) electrons. The van der Waals surface area contributed by atoms with E-state index in [1.54, 1.807) is 72.8 Å². The fourth-order valence-electron chi connectivity index (χ4n) is 4.22. The highest BCUT2D eigenvalue weighted by Crippen LogP contribution is 2.30. The molecular weight excluding hydrogens is 532 g/mol. The molecule has 0 aliphatic carbocycles. The summed E-state index contributed by atoms with van der Waals surface area (Å²) in [7, 11) is -4.01. The van der Waals surface area contributed by atoms with Crippen molar-refractivity contribution in [3.63, 3.8) is 0 Å². The van der Waals surface area contributed by atoms with E-state index in [4.69, 9.17) is 16.3 Å². The standard InChI is InChI=1S/C31H31ClN2O4S/c1-22-8-14-28(15-9-22)39(36,37)34(21-25-10-12-26(32)13-11-25)30-7-5-4-6-29(30)31(35)33-16-17-38-27-19-23(2)18-24(3)20-27/h4-15,18-20H,16-17,21H2,1-3H3,(H,33,35). The van der Waals surface area contributed by atoms with E-state index in [2.05, 4.69) is 11.4 Å². The lowest BCUT2D eigenvalue weighted by Crippen LogP contribution is -2.34. The van der Waals surface area contributed by atoms with Gasteiger partial charge in [-0.2, -0.15) is 0 Å². The summed E-state index contributed by atoms with van der Waals surface area (Å²) in [6, 6.07) is 26.2. The predicted octanol–water partition coefficient (Wildman–Crippen LogP) is 6.47. The number of ether oxygens (including phenoxy) is 1. The molecule has 0 heterocycles. The first kappa shape index (κ1) is 28.2. The molecule has 4 aromatic rings. The molecule has 8 heteroatoms. The third kappa shape index (κ3) is 7.19. The van der Waals surface area contributed by atoms with Crippen molar-refractivity contribution in [2.45, 2.75) is 32.2 Å². The summed E-state index contributed by atoms with van der Waals surface area (Å²) in [4.78, 5) is 13.4. The Morgan fingerprint density at radius 2 is 1.49 bits per heavy atom. The first-order valence-electron chi connectivity index (χ1n) is 12.6. The molecule has 0 saturated carbocycles. The Bertz CT molecular complexity index is 1530. The van der Waals surface area contributed by atoms with Crippen molar-refractivity contribution in [2.75, 3.05) is 17.5 Å². The first-order chi connectivity index (χ1) is 18.6. The second-order valence-electron chi connectivity index (χ2n) is 9.40. The second kappa shape index (κ2) is 12.4. The Kier molecular flexibility index (Phi) is 8.94. The average molecular weight is 563 g/mol. The highest BCUT2D eigenvalue weighted by Gasteiger charge is 2.28. The summed E-state index contributed by atoms with van der Waals surface area (Å²) >= 11 is 6.05. The number of amides is 1. The summed E-state index contributed by atoms with van der Waals surface area (Å²) in [6.07, 6.45) is 0. The molecular formula is C31H31ClN2O4S. The van der Waals surface area contributed by atoms with Gasteiger partial charge in [0.2, 0.25) is 0 Å². The molecule has 0 aromatic heterocycles. The number of anilines is 1. The van der Waals surface area contributed by atoms with Crippen LogP contribution in [-0.4, -0.2) is 27.5 Å². The van der Waals surface area contributed by atoms with Crippen LogP contribution in [0, 0.1) is 20.8 Å². The molecule has 4 aromatic carbocycles. The third-order valence-corrected chi connectivity index (χ3v) is 8.14. The maximum atomic E-state index is 13.9. The van der Waals surface area contributed by atoms with E-state index in [1.165, 1.54) is 4.31 Å². The number of nitrogens with one attached hydrogen (secondary N) is 1. The van der Waals surface area contributed by atoms with E-state index in [-0.39, 0.29) is 35.8 Å². The fraction of sp³-hybridized carbons (Fsp3) is 0.194. The van der Waals surface area contributed by atoms with E-state index in [0.717, 1.165) is 28.0 Å². The minimum atomic E-state index is -4.01. The molecule has 39 heavy (non-hydrogen) atoms. The van der Waals surface area contributed by atoms with Crippen LogP contribution in [0.15, 0.2) is 95.9 Å². The van der Waals surface area contributed by atoms with E-state index < -0.39 is 15.9 Å². The number of para-hydroxylation sites is 1. The molecule has 0 aliphatic heterocycles. The maximum absolute atomic E-state index is 13.9. The van der Waals surface area contributed by atoms with Gasteiger partial charge < -0.3 is 10.1 Å². The summed E-state index contributed by atoms with van der Waals surface area (Å²) in [6.45, 7) is 6.44. The largest absolute Gasteiger partial charge is 0.492 e. The molecule has 0 unspecified atom stereocenters. The van der Waals surface area contributed by atoms with Gasteiger partial charge in [-0.25, -0.2) is 8.42 Å². The zero-order valence-electron chi connectivity index (χ0n) is 22.1. The topological polar surface area (TPSA) is 75.7 Å². The molecule has 0 saturated heterocycles. The van der Waals surface area contributed by atoms with Crippen molar-refractivity contribution in [1.29, 1.82) is 0 Å². The Morgan fingerprint density at radius 1 is 0.846 bits per heavy atom. The third-order valence-electron chi connectivity index (χ3n) is 6.12. The van der Waals surface area contributed by atoms with Gasteiger partial charge >= 0.3 is 0 Å². The zero-order chi connectivity index (χ0) is 28.0. The molecule has 0 bridgehead atoms. The smallest absolute Gasteiger partial charge is 0.264 e. The normalized spacial score (nSPS) is 11.2. The molecule has 0 fully saturated rings. The van der Waals surface area contributed by atoms with Crippen LogP contribution in [-0.2, 0) is 16.6 Å². The molecule has 202 valence electrons. The van der Waals surface area contributed by atoms with Gasteiger partial charge in [0.05, 0.1) is 29.2 Å². The van der Waals surface area contributed by atoms with Crippen molar-refractivity contribution in [3.8, 4) is 5.75 Å². The van der Waals surface area contributed by atoms with Gasteiger partial charge in [0.15, 0.2) is 0 Å². The van der Waals surface area contributed by atoms with Crippen LogP contribution in [0.4, 0.5) is 5.69 Å². The molecule has 0 atom stereocenters. The van der Waals surface area contributed by atoms with Gasteiger partial charge in [-0.05, 0) is 86.0 Å². The van der Waals surface area contributed by atoms with E-state index in [0.29, 0.717) is 5.02 Å². The molecule has 0 aliphatic rings. The van der Waals surface area contributed by atoms with Gasteiger partial charge in [0.25, 0.3) is 15.9 Å². The van der Waals surface area contributed by atoms with E-state index >= 15 is 0 Å². The lowest BCUT2D eigenvalue weighted by Gasteiger charge is -2.27. The van der Waals surface area contributed by atoms with Crippen molar-refractivity contribution in [2.24, 2.45) is 0 Å². The maximum Gasteiger partial charge on any atom is 0.264 e. The van der Waals surface area contributed by atoms with Crippen LogP contribution >= 0.6 is 11.6 Å². The minimum absolute atomic E-state index is 0.0213. The predicted molar refractivity (Wildman–Crippen MR) is 156 cm³/mol. The monoisotopic (exact) mass is 562 g/mol. The fourth-order valence-corrected chi connectivity index (χ4v) is 5.82. The van der Waals surface area contributed by atoms with Crippen LogP contribution in [0.2, 0.25) is 5.02 Å². The van der Waals surface area contributed by atoms with Crippen LogP contribution in [0.5, 0.6) is 5.75 Å². The summed E-state index contributed by atoms with van der Waals surface area (Å²) in [5.41, 5.74) is 4.39. The SMILES string of the molecule is Cc1ccc(S(=O)(=O)N(Cc2ccc(Cl)cc2)c2ccccc2C(=O)NCCOc2cc(C)cc(C)c2)cc1.